The van der Waals surface area contributed by atoms with Crippen LogP contribution in [0.15, 0.2) is 0 Å². The molecule has 0 amide bonds. The molecular formula is C15H28N2O. The quantitative estimate of drug-likeness (QED) is 0.713. The Balaban J connectivity index is 1.48. The van der Waals surface area contributed by atoms with Crippen LogP contribution in [-0.2, 0) is 0 Å². The van der Waals surface area contributed by atoms with Crippen molar-refractivity contribution in [1.82, 2.24) is 10.6 Å². The standard InChI is InChI=1S/C15H28N2O/c18-12-8-11(9-12)10-17-15-5-2-1-4-13(15)14-6-3-7-16-14/h11-18H,1-10H2. The first-order valence-electron chi connectivity index (χ1n) is 7.98. The van der Waals surface area contributed by atoms with Gasteiger partial charge in [-0.3, -0.25) is 0 Å². The minimum absolute atomic E-state index is 0.00421. The second-order valence-electron chi connectivity index (χ2n) is 6.66. The Bertz CT molecular complexity index is 259. The molecule has 3 atom stereocenters. The molecule has 1 saturated heterocycles. The van der Waals surface area contributed by atoms with E-state index in [-0.39, 0.29) is 6.10 Å². The fourth-order valence-electron chi connectivity index (χ4n) is 4.16. The maximum Gasteiger partial charge on any atom is 0.0546 e. The van der Waals surface area contributed by atoms with Gasteiger partial charge in [0.1, 0.15) is 0 Å². The summed E-state index contributed by atoms with van der Waals surface area (Å²) in [7, 11) is 0. The van der Waals surface area contributed by atoms with E-state index in [4.69, 9.17) is 0 Å². The van der Waals surface area contributed by atoms with Gasteiger partial charge in [-0.05, 0) is 63.5 Å². The second kappa shape index (κ2) is 5.89. The molecule has 104 valence electrons. The fourth-order valence-corrected chi connectivity index (χ4v) is 4.16. The van der Waals surface area contributed by atoms with E-state index >= 15 is 0 Å². The van der Waals surface area contributed by atoms with Crippen LogP contribution in [0.5, 0.6) is 0 Å². The van der Waals surface area contributed by atoms with Crippen LogP contribution >= 0.6 is 0 Å². The highest BCUT2D eigenvalue weighted by Gasteiger charge is 2.34. The van der Waals surface area contributed by atoms with Crippen LogP contribution < -0.4 is 10.6 Å². The predicted molar refractivity (Wildman–Crippen MR) is 73.5 cm³/mol. The van der Waals surface area contributed by atoms with Gasteiger partial charge >= 0.3 is 0 Å². The number of aliphatic hydroxyl groups is 1. The van der Waals surface area contributed by atoms with Crippen LogP contribution in [-0.4, -0.2) is 36.4 Å². The summed E-state index contributed by atoms with van der Waals surface area (Å²) in [6.45, 7) is 2.35. The van der Waals surface area contributed by atoms with Gasteiger partial charge in [0.25, 0.3) is 0 Å². The number of hydrogen-bond acceptors (Lipinski definition) is 3. The number of hydrogen-bond donors (Lipinski definition) is 3. The Morgan fingerprint density at radius 1 is 1.06 bits per heavy atom. The van der Waals surface area contributed by atoms with Crippen molar-refractivity contribution in [3.05, 3.63) is 0 Å². The molecule has 0 aromatic carbocycles. The average molecular weight is 252 g/mol. The molecule has 18 heavy (non-hydrogen) atoms. The molecular weight excluding hydrogens is 224 g/mol. The van der Waals surface area contributed by atoms with Gasteiger partial charge in [0.05, 0.1) is 6.10 Å². The maximum atomic E-state index is 9.34. The first kappa shape index (κ1) is 12.9. The number of aliphatic hydroxyl groups excluding tert-OH is 1. The number of nitrogens with one attached hydrogen (secondary N) is 2. The zero-order valence-corrected chi connectivity index (χ0v) is 11.4. The van der Waals surface area contributed by atoms with E-state index in [2.05, 4.69) is 10.6 Å². The highest BCUT2D eigenvalue weighted by atomic mass is 16.3. The van der Waals surface area contributed by atoms with Crippen molar-refractivity contribution in [1.29, 1.82) is 0 Å². The van der Waals surface area contributed by atoms with Crippen molar-refractivity contribution in [2.75, 3.05) is 13.1 Å². The zero-order valence-electron chi connectivity index (χ0n) is 11.4. The lowest BCUT2D eigenvalue weighted by atomic mass is 9.78. The summed E-state index contributed by atoms with van der Waals surface area (Å²) < 4.78 is 0. The number of rotatable bonds is 4. The monoisotopic (exact) mass is 252 g/mol. The van der Waals surface area contributed by atoms with Gasteiger partial charge in [0, 0.05) is 12.1 Å². The van der Waals surface area contributed by atoms with E-state index < -0.39 is 0 Å². The molecule has 3 rings (SSSR count). The topological polar surface area (TPSA) is 44.3 Å². The summed E-state index contributed by atoms with van der Waals surface area (Å²) >= 11 is 0. The third-order valence-electron chi connectivity index (χ3n) is 5.31. The summed E-state index contributed by atoms with van der Waals surface area (Å²) in [4.78, 5) is 0. The normalized spacial score (nSPS) is 44.8. The molecule has 3 heteroatoms. The van der Waals surface area contributed by atoms with Crippen LogP contribution in [0.3, 0.4) is 0 Å². The first-order chi connectivity index (χ1) is 8.83. The molecule has 0 aromatic heterocycles. The molecule has 3 unspecified atom stereocenters. The van der Waals surface area contributed by atoms with E-state index in [9.17, 15) is 5.11 Å². The Morgan fingerprint density at radius 3 is 2.61 bits per heavy atom. The molecule has 0 radical (unpaired) electrons. The Labute approximate surface area is 111 Å². The Morgan fingerprint density at radius 2 is 1.89 bits per heavy atom. The Hall–Kier alpha value is -0.120. The van der Waals surface area contributed by atoms with E-state index in [0.717, 1.165) is 43.3 Å². The predicted octanol–water partition coefficient (Wildman–Crippen LogP) is 1.66. The lowest BCUT2D eigenvalue weighted by Gasteiger charge is -2.39. The fraction of sp³-hybridized carbons (Fsp3) is 1.00. The van der Waals surface area contributed by atoms with Crippen LogP contribution in [0.25, 0.3) is 0 Å². The van der Waals surface area contributed by atoms with Crippen molar-refractivity contribution in [3.63, 3.8) is 0 Å². The molecule has 0 spiro atoms. The van der Waals surface area contributed by atoms with Gasteiger partial charge in [0.2, 0.25) is 0 Å². The van der Waals surface area contributed by atoms with Crippen molar-refractivity contribution < 1.29 is 5.11 Å². The lowest BCUT2D eigenvalue weighted by Crippen LogP contribution is -2.49. The minimum atomic E-state index is -0.00421. The van der Waals surface area contributed by atoms with Crippen LogP contribution in [0.2, 0.25) is 0 Å². The molecule has 1 heterocycles. The molecule has 2 saturated carbocycles. The SMILES string of the molecule is OC1CC(CNC2CCCCC2C2CCCN2)C1. The second-order valence-corrected chi connectivity index (χ2v) is 6.66. The largest absolute Gasteiger partial charge is 0.393 e. The van der Waals surface area contributed by atoms with Gasteiger partial charge in [0.15, 0.2) is 0 Å². The molecule has 2 aliphatic carbocycles. The van der Waals surface area contributed by atoms with Crippen molar-refractivity contribution in [3.8, 4) is 0 Å². The molecule has 0 aromatic rings. The summed E-state index contributed by atoms with van der Waals surface area (Å²) in [5.74, 6) is 1.59. The highest BCUT2D eigenvalue weighted by molar-refractivity contribution is 4.92. The summed E-state index contributed by atoms with van der Waals surface area (Å²) in [6.07, 6.45) is 10.4. The molecule has 1 aliphatic heterocycles. The molecule has 3 nitrogen and oxygen atoms in total. The third kappa shape index (κ3) is 2.89. The van der Waals surface area contributed by atoms with Crippen LogP contribution in [0, 0.1) is 11.8 Å². The van der Waals surface area contributed by atoms with E-state index in [1.54, 1.807) is 0 Å². The van der Waals surface area contributed by atoms with Crippen molar-refractivity contribution in [2.45, 2.75) is 69.6 Å². The average Bonchev–Trinajstić information content (AvgIpc) is 2.87. The summed E-state index contributed by atoms with van der Waals surface area (Å²) in [5.41, 5.74) is 0. The lowest BCUT2D eigenvalue weighted by molar-refractivity contribution is 0.0393. The zero-order chi connectivity index (χ0) is 12.4. The summed E-state index contributed by atoms with van der Waals surface area (Å²) in [5, 5.41) is 16.9. The van der Waals surface area contributed by atoms with Gasteiger partial charge in [-0.2, -0.15) is 0 Å². The smallest absolute Gasteiger partial charge is 0.0546 e. The molecule has 0 bridgehead atoms. The summed E-state index contributed by atoms with van der Waals surface area (Å²) in [6, 6.07) is 1.50. The van der Waals surface area contributed by atoms with E-state index in [1.165, 1.54) is 45.1 Å². The van der Waals surface area contributed by atoms with Gasteiger partial charge in [-0.1, -0.05) is 12.8 Å². The highest BCUT2D eigenvalue weighted by Crippen LogP contribution is 2.32. The minimum Gasteiger partial charge on any atom is -0.393 e. The van der Waals surface area contributed by atoms with Crippen molar-refractivity contribution in [2.24, 2.45) is 11.8 Å². The molecule has 3 fully saturated rings. The first-order valence-corrected chi connectivity index (χ1v) is 7.98. The van der Waals surface area contributed by atoms with Gasteiger partial charge < -0.3 is 15.7 Å². The van der Waals surface area contributed by atoms with Gasteiger partial charge in [-0.15, -0.1) is 0 Å². The van der Waals surface area contributed by atoms with Crippen LogP contribution in [0.4, 0.5) is 0 Å². The van der Waals surface area contributed by atoms with Gasteiger partial charge in [-0.25, -0.2) is 0 Å². The van der Waals surface area contributed by atoms with E-state index in [0.29, 0.717) is 0 Å². The van der Waals surface area contributed by atoms with Crippen LogP contribution in [0.1, 0.15) is 51.4 Å². The molecule has 3 N–H and O–H groups in total. The maximum absolute atomic E-state index is 9.34. The van der Waals surface area contributed by atoms with E-state index in [1.807, 2.05) is 0 Å². The molecule has 3 aliphatic rings. The Kier molecular flexibility index (Phi) is 4.22. The van der Waals surface area contributed by atoms with Crippen molar-refractivity contribution >= 4 is 0 Å². The third-order valence-corrected chi connectivity index (χ3v) is 5.31.